The molecule has 3 rings (SSSR count). The Morgan fingerprint density at radius 2 is 1.85 bits per heavy atom. The summed E-state index contributed by atoms with van der Waals surface area (Å²) in [4.78, 5) is 20.6. The zero-order valence-electron chi connectivity index (χ0n) is 14.6. The number of carbonyl (C=O) groups is 1. The van der Waals surface area contributed by atoms with Crippen LogP contribution in [-0.2, 0) is 6.54 Å². The highest BCUT2D eigenvalue weighted by molar-refractivity contribution is 6.31. The number of amides is 1. The van der Waals surface area contributed by atoms with Gasteiger partial charge in [-0.2, -0.15) is 0 Å². The summed E-state index contributed by atoms with van der Waals surface area (Å²) >= 11 is 6.11. The molecule has 26 heavy (non-hydrogen) atoms. The molecular weight excluding hydrogens is 348 g/mol. The Labute approximate surface area is 157 Å². The molecule has 0 atom stereocenters. The molecule has 132 valence electrons. The van der Waals surface area contributed by atoms with Crippen LogP contribution in [0.25, 0.3) is 0 Å². The molecule has 0 aliphatic heterocycles. The number of anilines is 2. The number of hydrogen-bond donors (Lipinski definition) is 2. The molecule has 1 aromatic heterocycles. The van der Waals surface area contributed by atoms with Crippen molar-refractivity contribution in [3.63, 3.8) is 0 Å². The fourth-order valence-electron chi connectivity index (χ4n) is 2.42. The van der Waals surface area contributed by atoms with Gasteiger partial charge in [-0.3, -0.25) is 4.79 Å². The zero-order chi connectivity index (χ0) is 18.5. The van der Waals surface area contributed by atoms with Gasteiger partial charge in [-0.05, 0) is 37.1 Å². The lowest BCUT2D eigenvalue weighted by Crippen LogP contribution is -2.23. The van der Waals surface area contributed by atoms with Gasteiger partial charge in [0, 0.05) is 29.6 Å². The van der Waals surface area contributed by atoms with Crippen LogP contribution in [0.5, 0.6) is 0 Å². The summed E-state index contributed by atoms with van der Waals surface area (Å²) in [7, 11) is 0. The second kappa shape index (κ2) is 7.97. The monoisotopic (exact) mass is 366 g/mol. The van der Waals surface area contributed by atoms with E-state index in [0.717, 1.165) is 22.4 Å². The van der Waals surface area contributed by atoms with Gasteiger partial charge in [-0.1, -0.05) is 47.5 Å². The summed E-state index contributed by atoms with van der Waals surface area (Å²) in [5, 5.41) is 6.60. The molecule has 1 heterocycles. The molecule has 0 radical (unpaired) electrons. The van der Waals surface area contributed by atoms with Crippen molar-refractivity contribution >= 4 is 29.1 Å². The number of nitrogens with one attached hydrogen (secondary N) is 2. The van der Waals surface area contributed by atoms with Crippen molar-refractivity contribution in [1.82, 2.24) is 15.3 Å². The summed E-state index contributed by atoms with van der Waals surface area (Å²) in [6, 6.07) is 13.6. The number of benzene rings is 2. The van der Waals surface area contributed by atoms with Gasteiger partial charge in [0.25, 0.3) is 5.91 Å². The number of halogens is 1. The molecule has 2 aromatic carbocycles. The van der Waals surface area contributed by atoms with Crippen molar-refractivity contribution in [1.29, 1.82) is 0 Å². The lowest BCUT2D eigenvalue weighted by atomic mass is 10.1. The summed E-state index contributed by atoms with van der Waals surface area (Å²) in [6.45, 7) is 4.42. The lowest BCUT2D eigenvalue weighted by Gasteiger charge is -2.08. The maximum atomic E-state index is 12.2. The molecule has 0 fully saturated rings. The van der Waals surface area contributed by atoms with Gasteiger partial charge >= 0.3 is 0 Å². The highest BCUT2D eigenvalue weighted by atomic mass is 35.5. The molecule has 0 saturated heterocycles. The molecule has 0 bridgehead atoms. The first-order valence-corrected chi connectivity index (χ1v) is 8.58. The second-order valence-electron chi connectivity index (χ2n) is 6.06. The van der Waals surface area contributed by atoms with Crippen molar-refractivity contribution in [2.45, 2.75) is 20.4 Å². The minimum atomic E-state index is -0.212. The molecule has 0 unspecified atom stereocenters. The molecule has 5 nitrogen and oxygen atoms in total. The minimum Gasteiger partial charge on any atom is -0.348 e. The number of hydrogen-bond acceptors (Lipinski definition) is 4. The maximum Gasteiger partial charge on any atom is 0.254 e. The summed E-state index contributed by atoms with van der Waals surface area (Å²) in [6.07, 6.45) is 2.99. The SMILES string of the molecule is Cc1cccc(CNC(=O)c2cnc(Nc3ccc(C)c(Cl)c3)nc2)c1. The van der Waals surface area contributed by atoms with E-state index in [-0.39, 0.29) is 5.91 Å². The molecule has 0 aliphatic carbocycles. The minimum absolute atomic E-state index is 0.212. The van der Waals surface area contributed by atoms with Crippen LogP contribution in [0.15, 0.2) is 54.9 Å². The Bertz CT molecular complexity index is 925. The van der Waals surface area contributed by atoms with Gasteiger partial charge in [-0.15, -0.1) is 0 Å². The third-order valence-electron chi connectivity index (χ3n) is 3.88. The van der Waals surface area contributed by atoms with Crippen molar-refractivity contribution in [3.8, 4) is 0 Å². The summed E-state index contributed by atoms with van der Waals surface area (Å²) < 4.78 is 0. The Hall–Kier alpha value is -2.92. The molecular formula is C20H19ClN4O. The van der Waals surface area contributed by atoms with Gasteiger partial charge < -0.3 is 10.6 Å². The molecule has 6 heteroatoms. The van der Waals surface area contributed by atoms with Gasteiger partial charge in [0.1, 0.15) is 0 Å². The zero-order valence-corrected chi connectivity index (χ0v) is 15.3. The fourth-order valence-corrected chi connectivity index (χ4v) is 2.60. The van der Waals surface area contributed by atoms with Crippen molar-refractivity contribution < 1.29 is 4.79 Å². The van der Waals surface area contributed by atoms with E-state index in [4.69, 9.17) is 11.6 Å². The van der Waals surface area contributed by atoms with Crippen LogP contribution in [0.4, 0.5) is 11.6 Å². The summed E-state index contributed by atoms with van der Waals surface area (Å²) in [5.41, 5.74) is 4.40. The predicted molar refractivity (Wildman–Crippen MR) is 104 cm³/mol. The van der Waals surface area contributed by atoms with Gasteiger partial charge in [0.2, 0.25) is 5.95 Å². The standard InChI is InChI=1S/C20H19ClN4O/c1-13-4-3-5-15(8-13)10-22-19(26)16-11-23-20(24-12-16)25-17-7-6-14(2)18(21)9-17/h3-9,11-12H,10H2,1-2H3,(H,22,26)(H,23,24,25). The topological polar surface area (TPSA) is 66.9 Å². The molecule has 1 amide bonds. The van der Waals surface area contributed by atoms with Crippen LogP contribution in [0, 0.1) is 13.8 Å². The molecule has 0 aliphatic rings. The van der Waals surface area contributed by atoms with E-state index in [1.165, 1.54) is 12.4 Å². The molecule has 0 saturated carbocycles. The highest BCUT2D eigenvalue weighted by Crippen LogP contribution is 2.21. The smallest absolute Gasteiger partial charge is 0.254 e. The maximum absolute atomic E-state index is 12.2. The van der Waals surface area contributed by atoms with Crippen molar-refractivity contribution in [2.24, 2.45) is 0 Å². The Morgan fingerprint density at radius 3 is 2.54 bits per heavy atom. The Kier molecular flexibility index (Phi) is 5.49. The van der Waals surface area contributed by atoms with Gasteiger partial charge in [-0.25, -0.2) is 9.97 Å². The van der Waals surface area contributed by atoms with Crippen LogP contribution >= 0.6 is 11.6 Å². The predicted octanol–water partition coefficient (Wildman–Crippen LogP) is 4.42. The van der Waals surface area contributed by atoms with E-state index in [1.807, 2.05) is 56.3 Å². The van der Waals surface area contributed by atoms with E-state index in [2.05, 4.69) is 20.6 Å². The van der Waals surface area contributed by atoms with Crippen LogP contribution in [0.2, 0.25) is 5.02 Å². The summed E-state index contributed by atoms with van der Waals surface area (Å²) in [5.74, 6) is 0.191. The molecule has 0 spiro atoms. The third kappa shape index (κ3) is 4.58. The first kappa shape index (κ1) is 17.9. The van der Waals surface area contributed by atoms with Crippen molar-refractivity contribution in [3.05, 3.63) is 82.1 Å². The van der Waals surface area contributed by atoms with Gasteiger partial charge in [0.05, 0.1) is 5.56 Å². The van der Waals surface area contributed by atoms with Crippen LogP contribution in [0.3, 0.4) is 0 Å². The van der Waals surface area contributed by atoms with E-state index < -0.39 is 0 Å². The fraction of sp³-hybridized carbons (Fsp3) is 0.150. The Morgan fingerprint density at radius 1 is 1.08 bits per heavy atom. The highest BCUT2D eigenvalue weighted by Gasteiger charge is 2.08. The van der Waals surface area contributed by atoms with Crippen LogP contribution in [0.1, 0.15) is 27.0 Å². The van der Waals surface area contributed by atoms with E-state index in [9.17, 15) is 4.79 Å². The average Bonchev–Trinajstić information content (AvgIpc) is 2.63. The third-order valence-corrected chi connectivity index (χ3v) is 4.28. The van der Waals surface area contributed by atoms with Crippen LogP contribution < -0.4 is 10.6 Å². The van der Waals surface area contributed by atoms with Crippen molar-refractivity contribution in [2.75, 3.05) is 5.32 Å². The first-order valence-electron chi connectivity index (χ1n) is 8.20. The average molecular weight is 367 g/mol. The number of nitrogens with zero attached hydrogens (tertiary/aromatic N) is 2. The Balaban J connectivity index is 1.61. The molecule has 2 N–H and O–H groups in total. The largest absolute Gasteiger partial charge is 0.348 e. The van der Waals surface area contributed by atoms with Crippen LogP contribution in [-0.4, -0.2) is 15.9 Å². The normalized spacial score (nSPS) is 10.4. The second-order valence-corrected chi connectivity index (χ2v) is 6.46. The number of carbonyl (C=O) groups excluding carboxylic acids is 1. The van der Waals surface area contributed by atoms with E-state index >= 15 is 0 Å². The molecule has 3 aromatic rings. The van der Waals surface area contributed by atoms with E-state index in [0.29, 0.717) is 23.1 Å². The van der Waals surface area contributed by atoms with E-state index in [1.54, 1.807) is 0 Å². The number of aromatic nitrogens is 2. The first-order chi connectivity index (χ1) is 12.5. The number of rotatable bonds is 5. The lowest BCUT2D eigenvalue weighted by molar-refractivity contribution is 0.0950. The quantitative estimate of drug-likeness (QED) is 0.701. The number of aryl methyl sites for hydroxylation is 2. The van der Waals surface area contributed by atoms with Gasteiger partial charge in [0.15, 0.2) is 0 Å².